The van der Waals surface area contributed by atoms with Gasteiger partial charge in [0.25, 0.3) is 0 Å². The Hall–Kier alpha value is -2.16. The molecule has 3 heteroatoms. The number of hydrogen-bond acceptors (Lipinski definition) is 1. The maximum atomic E-state index is 13.8. The fourth-order valence-corrected chi connectivity index (χ4v) is 3.10. The van der Waals surface area contributed by atoms with Crippen LogP contribution in [0.25, 0.3) is 0 Å². The molecule has 2 aromatic carbocycles. The van der Waals surface area contributed by atoms with E-state index in [1.165, 1.54) is 6.07 Å². The highest BCUT2D eigenvalue weighted by atomic mass is 19.1. The van der Waals surface area contributed by atoms with Crippen LogP contribution in [0.3, 0.4) is 0 Å². The first-order valence-electron chi connectivity index (χ1n) is 7.66. The minimum atomic E-state index is -0.237. The summed E-state index contributed by atoms with van der Waals surface area (Å²) in [4.78, 5) is 14.6. The van der Waals surface area contributed by atoms with Crippen molar-refractivity contribution in [2.45, 2.75) is 38.8 Å². The number of nitrogens with zero attached hydrogens (tertiary/aromatic N) is 1. The quantitative estimate of drug-likeness (QED) is 0.837. The van der Waals surface area contributed by atoms with Crippen LogP contribution in [0.4, 0.5) is 4.39 Å². The van der Waals surface area contributed by atoms with Gasteiger partial charge in [0.15, 0.2) is 0 Å². The molecule has 0 aromatic heterocycles. The minimum Gasteiger partial charge on any atom is -0.335 e. The minimum absolute atomic E-state index is 0.0969. The lowest BCUT2D eigenvalue weighted by molar-refractivity contribution is -0.130. The lowest BCUT2D eigenvalue weighted by atomic mass is 9.95. The zero-order chi connectivity index (χ0) is 15.7. The van der Waals surface area contributed by atoms with Crippen LogP contribution in [-0.4, -0.2) is 16.8 Å². The summed E-state index contributed by atoms with van der Waals surface area (Å²) in [5, 5.41) is 0. The van der Waals surface area contributed by atoms with E-state index >= 15 is 0 Å². The van der Waals surface area contributed by atoms with Crippen molar-refractivity contribution in [1.29, 1.82) is 0 Å². The van der Waals surface area contributed by atoms with Crippen LogP contribution >= 0.6 is 0 Å². The Morgan fingerprint density at radius 2 is 1.91 bits per heavy atom. The van der Waals surface area contributed by atoms with Crippen LogP contribution in [0.1, 0.15) is 36.0 Å². The third-order valence-corrected chi connectivity index (χ3v) is 4.48. The molecule has 114 valence electrons. The van der Waals surface area contributed by atoms with Gasteiger partial charge in [-0.3, -0.25) is 4.79 Å². The standard InChI is InChI=1S/C19H20FNO/c1-13-8-9-16(11-18(13)20)17-10-14(2)21(19(17)22)12-15-6-4-3-5-7-15/h3-9,11,14,17H,10,12H2,1-2H3. The van der Waals surface area contributed by atoms with Gasteiger partial charge in [0.1, 0.15) is 5.82 Å². The Kier molecular flexibility index (Phi) is 3.97. The fourth-order valence-electron chi connectivity index (χ4n) is 3.10. The maximum absolute atomic E-state index is 13.8. The second-order valence-corrected chi connectivity index (χ2v) is 6.10. The molecular weight excluding hydrogens is 277 g/mol. The maximum Gasteiger partial charge on any atom is 0.230 e. The van der Waals surface area contributed by atoms with Crippen LogP contribution in [0.15, 0.2) is 48.5 Å². The van der Waals surface area contributed by atoms with Gasteiger partial charge in [0, 0.05) is 12.6 Å². The van der Waals surface area contributed by atoms with Gasteiger partial charge in [0.05, 0.1) is 5.92 Å². The van der Waals surface area contributed by atoms with Gasteiger partial charge in [-0.15, -0.1) is 0 Å². The number of amides is 1. The molecule has 0 saturated carbocycles. The molecule has 2 atom stereocenters. The Balaban J connectivity index is 1.81. The van der Waals surface area contributed by atoms with Gasteiger partial charge in [-0.05, 0) is 43.0 Å². The number of aryl methyl sites for hydroxylation is 1. The van der Waals surface area contributed by atoms with Gasteiger partial charge in [-0.2, -0.15) is 0 Å². The molecule has 0 aliphatic carbocycles. The number of carbonyl (C=O) groups is 1. The van der Waals surface area contributed by atoms with Crippen molar-refractivity contribution < 1.29 is 9.18 Å². The summed E-state index contributed by atoms with van der Waals surface area (Å²) in [5.41, 5.74) is 2.53. The summed E-state index contributed by atoms with van der Waals surface area (Å²) in [6.07, 6.45) is 0.744. The molecular formula is C19H20FNO. The molecule has 0 bridgehead atoms. The smallest absolute Gasteiger partial charge is 0.230 e. The highest BCUT2D eigenvalue weighted by molar-refractivity contribution is 5.86. The zero-order valence-electron chi connectivity index (χ0n) is 12.9. The number of rotatable bonds is 3. The summed E-state index contributed by atoms with van der Waals surface area (Å²) in [6, 6.07) is 15.3. The third-order valence-electron chi connectivity index (χ3n) is 4.48. The predicted molar refractivity (Wildman–Crippen MR) is 84.9 cm³/mol. The lowest BCUT2D eigenvalue weighted by Gasteiger charge is -2.21. The first kappa shape index (κ1) is 14.8. The molecule has 2 aromatic rings. The lowest BCUT2D eigenvalue weighted by Crippen LogP contribution is -2.31. The van der Waals surface area contributed by atoms with Crippen LogP contribution in [0.5, 0.6) is 0 Å². The topological polar surface area (TPSA) is 20.3 Å². The van der Waals surface area contributed by atoms with E-state index in [0.29, 0.717) is 12.1 Å². The Morgan fingerprint density at radius 3 is 2.59 bits per heavy atom. The number of likely N-dealkylation sites (tertiary alicyclic amines) is 1. The summed E-state index contributed by atoms with van der Waals surface area (Å²) < 4.78 is 13.8. The van der Waals surface area contributed by atoms with Crippen molar-refractivity contribution >= 4 is 5.91 Å². The van der Waals surface area contributed by atoms with E-state index in [1.54, 1.807) is 13.0 Å². The Bertz CT molecular complexity index is 683. The van der Waals surface area contributed by atoms with E-state index in [2.05, 4.69) is 6.92 Å². The van der Waals surface area contributed by atoms with Gasteiger partial charge < -0.3 is 4.90 Å². The van der Waals surface area contributed by atoms with E-state index in [9.17, 15) is 9.18 Å². The Labute approximate surface area is 130 Å². The number of hydrogen-bond donors (Lipinski definition) is 0. The van der Waals surface area contributed by atoms with E-state index < -0.39 is 0 Å². The van der Waals surface area contributed by atoms with Crippen LogP contribution in [-0.2, 0) is 11.3 Å². The molecule has 22 heavy (non-hydrogen) atoms. The normalized spacial score (nSPS) is 21.4. The van der Waals surface area contributed by atoms with Gasteiger partial charge in [-0.25, -0.2) is 4.39 Å². The Morgan fingerprint density at radius 1 is 1.18 bits per heavy atom. The van der Waals surface area contributed by atoms with E-state index in [0.717, 1.165) is 17.5 Å². The second-order valence-electron chi connectivity index (χ2n) is 6.10. The molecule has 3 rings (SSSR count). The molecule has 2 nitrogen and oxygen atoms in total. The highest BCUT2D eigenvalue weighted by Gasteiger charge is 2.37. The molecule has 1 aliphatic rings. The van der Waals surface area contributed by atoms with Gasteiger partial charge in [0.2, 0.25) is 5.91 Å². The monoisotopic (exact) mass is 297 g/mol. The van der Waals surface area contributed by atoms with Crippen LogP contribution in [0.2, 0.25) is 0 Å². The van der Waals surface area contributed by atoms with Crippen molar-refractivity contribution in [2.75, 3.05) is 0 Å². The van der Waals surface area contributed by atoms with Crippen molar-refractivity contribution in [3.8, 4) is 0 Å². The van der Waals surface area contributed by atoms with Crippen LogP contribution in [0, 0.1) is 12.7 Å². The first-order valence-corrected chi connectivity index (χ1v) is 7.66. The van der Waals surface area contributed by atoms with Crippen LogP contribution < -0.4 is 0 Å². The summed E-state index contributed by atoms with van der Waals surface area (Å²) in [5.74, 6) is -0.368. The summed E-state index contributed by atoms with van der Waals surface area (Å²) in [6.45, 7) is 4.41. The molecule has 1 aliphatic heterocycles. The predicted octanol–water partition coefficient (Wildman–Crippen LogP) is 4.04. The van der Waals surface area contributed by atoms with Crippen molar-refractivity contribution in [3.63, 3.8) is 0 Å². The van der Waals surface area contributed by atoms with Crippen molar-refractivity contribution in [3.05, 3.63) is 71.0 Å². The molecule has 1 saturated heterocycles. The van der Waals surface area contributed by atoms with Gasteiger partial charge >= 0.3 is 0 Å². The van der Waals surface area contributed by atoms with E-state index in [4.69, 9.17) is 0 Å². The molecule has 2 unspecified atom stereocenters. The summed E-state index contributed by atoms with van der Waals surface area (Å²) in [7, 11) is 0. The number of benzene rings is 2. The van der Waals surface area contributed by atoms with E-state index in [-0.39, 0.29) is 23.7 Å². The molecule has 0 spiro atoms. The van der Waals surface area contributed by atoms with E-state index in [1.807, 2.05) is 41.3 Å². The first-order chi connectivity index (χ1) is 10.6. The highest BCUT2D eigenvalue weighted by Crippen LogP contribution is 2.34. The largest absolute Gasteiger partial charge is 0.335 e. The third kappa shape index (κ3) is 2.76. The molecule has 1 amide bonds. The second kappa shape index (κ2) is 5.91. The van der Waals surface area contributed by atoms with Gasteiger partial charge in [-0.1, -0.05) is 42.5 Å². The van der Waals surface area contributed by atoms with Crippen molar-refractivity contribution in [1.82, 2.24) is 4.90 Å². The number of halogens is 1. The average Bonchev–Trinajstić information content (AvgIpc) is 2.79. The number of carbonyl (C=O) groups excluding carboxylic acids is 1. The SMILES string of the molecule is Cc1ccc(C2CC(C)N(Cc3ccccc3)C2=O)cc1F. The molecule has 0 radical (unpaired) electrons. The fraction of sp³-hybridized carbons (Fsp3) is 0.316. The molecule has 0 N–H and O–H groups in total. The van der Waals surface area contributed by atoms with Crippen molar-refractivity contribution in [2.24, 2.45) is 0 Å². The average molecular weight is 297 g/mol. The molecule has 1 fully saturated rings. The zero-order valence-corrected chi connectivity index (χ0v) is 12.9. The summed E-state index contributed by atoms with van der Waals surface area (Å²) >= 11 is 0. The molecule has 1 heterocycles.